The van der Waals surface area contributed by atoms with E-state index in [1.165, 1.54) is 4.68 Å². The first kappa shape index (κ1) is 6.37. The van der Waals surface area contributed by atoms with Crippen LogP contribution < -0.4 is 0 Å². The van der Waals surface area contributed by atoms with E-state index in [0.29, 0.717) is 0 Å². The summed E-state index contributed by atoms with van der Waals surface area (Å²) < 4.78 is 1.53. The molecule has 0 saturated carbocycles. The number of hydrogen-bond donors (Lipinski definition) is 1. The molecule has 2 rings (SSSR count). The van der Waals surface area contributed by atoms with Gasteiger partial charge in [0, 0.05) is 5.39 Å². The molecule has 0 fully saturated rings. The molecule has 1 aromatic carbocycles. The molecule has 0 amide bonds. The molecule has 1 radical (unpaired) electrons. The van der Waals surface area contributed by atoms with E-state index in [2.05, 4.69) is 11.2 Å². The van der Waals surface area contributed by atoms with E-state index in [9.17, 15) is 0 Å². The van der Waals surface area contributed by atoms with Crippen LogP contribution in [0.5, 0.6) is 0 Å². The highest BCUT2D eigenvalue weighted by atomic mass is 16.3. The fourth-order valence-electron chi connectivity index (χ4n) is 1.08. The Labute approximate surface area is 63.9 Å². The van der Waals surface area contributed by atoms with Crippen LogP contribution in [0, 0.1) is 6.07 Å². The Morgan fingerprint density at radius 2 is 2.55 bits per heavy atom. The number of benzene rings is 1. The SMILES string of the molecule is OCn1ncc2c[c]ccc21. The van der Waals surface area contributed by atoms with Crippen molar-refractivity contribution in [2.24, 2.45) is 0 Å². The molecule has 0 spiro atoms. The van der Waals surface area contributed by atoms with Gasteiger partial charge in [-0.2, -0.15) is 5.10 Å². The summed E-state index contributed by atoms with van der Waals surface area (Å²) in [6, 6.07) is 8.45. The van der Waals surface area contributed by atoms with Crippen molar-refractivity contribution in [3.8, 4) is 0 Å². The van der Waals surface area contributed by atoms with Crippen LogP contribution >= 0.6 is 0 Å². The molecular weight excluding hydrogens is 140 g/mol. The van der Waals surface area contributed by atoms with Gasteiger partial charge in [-0.05, 0) is 18.2 Å². The number of hydrogen-bond acceptors (Lipinski definition) is 2. The summed E-state index contributed by atoms with van der Waals surface area (Å²) in [7, 11) is 0. The third kappa shape index (κ3) is 0.897. The summed E-state index contributed by atoms with van der Waals surface area (Å²) in [5, 5.41) is 13.8. The smallest absolute Gasteiger partial charge is 0.136 e. The van der Waals surface area contributed by atoms with Crippen LogP contribution in [0.3, 0.4) is 0 Å². The van der Waals surface area contributed by atoms with Crippen LogP contribution in [-0.2, 0) is 6.73 Å². The molecule has 1 aromatic heterocycles. The zero-order chi connectivity index (χ0) is 7.68. The van der Waals surface area contributed by atoms with E-state index in [-0.39, 0.29) is 6.73 Å². The van der Waals surface area contributed by atoms with E-state index in [0.717, 1.165) is 10.9 Å². The van der Waals surface area contributed by atoms with E-state index in [1.807, 2.05) is 12.1 Å². The molecule has 3 nitrogen and oxygen atoms in total. The average molecular weight is 147 g/mol. The third-order valence-electron chi connectivity index (χ3n) is 1.62. The minimum absolute atomic E-state index is 0.0759. The van der Waals surface area contributed by atoms with Crippen molar-refractivity contribution in [1.29, 1.82) is 0 Å². The molecule has 11 heavy (non-hydrogen) atoms. The van der Waals surface area contributed by atoms with Gasteiger partial charge in [0.25, 0.3) is 0 Å². The van der Waals surface area contributed by atoms with Crippen LogP contribution in [-0.4, -0.2) is 14.9 Å². The van der Waals surface area contributed by atoms with Gasteiger partial charge in [-0.3, -0.25) is 0 Å². The summed E-state index contributed by atoms with van der Waals surface area (Å²) in [4.78, 5) is 0. The molecule has 0 saturated heterocycles. The van der Waals surface area contributed by atoms with E-state index in [1.54, 1.807) is 12.3 Å². The fourth-order valence-corrected chi connectivity index (χ4v) is 1.08. The number of aliphatic hydroxyl groups is 1. The second kappa shape index (κ2) is 2.36. The lowest BCUT2D eigenvalue weighted by Crippen LogP contribution is -1.97. The van der Waals surface area contributed by atoms with Crippen LogP contribution in [0.2, 0.25) is 0 Å². The number of fused-ring (bicyclic) bond motifs is 1. The van der Waals surface area contributed by atoms with Gasteiger partial charge in [-0.15, -0.1) is 0 Å². The highest BCUT2D eigenvalue weighted by molar-refractivity contribution is 5.77. The Kier molecular flexibility index (Phi) is 1.36. The maximum atomic E-state index is 8.81. The number of rotatable bonds is 1. The average Bonchev–Trinajstić information content (AvgIpc) is 2.47. The van der Waals surface area contributed by atoms with Crippen LogP contribution in [0.4, 0.5) is 0 Å². The maximum Gasteiger partial charge on any atom is 0.136 e. The normalized spacial score (nSPS) is 10.6. The Morgan fingerprint density at radius 1 is 1.64 bits per heavy atom. The fraction of sp³-hybridized carbons (Fsp3) is 0.125. The monoisotopic (exact) mass is 147 g/mol. The summed E-state index contributed by atoms with van der Waals surface area (Å²) in [5.41, 5.74) is 0.936. The zero-order valence-corrected chi connectivity index (χ0v) is 5.86. The predicted molar refractivity (Wildman–Crippen MR) is 40.8 cm³/mol. The topological polar surface area (TPSA) is 38.0 Å². The Balaban J connectivity index is 2.76. The first-order valence-electron chi connectivity index (χ1n) is 3.34. The second-order valence-corrected chi connectivity index (χ2v) is 2.27. The summed E-state index contributed by atoms with van der Waals surface area (Å²) >= 11 is 0. The first-order chi connectivity index (χ1) is 5.42. The summed E-state index contributed by atoms with van der Waals surface area (Å²) in [6.45, 7) is -0.0759. The lowest BCUT2D eigenvalue weighted by molar-refractivity contribution is 0.200. The second-order valence-electron chi connectivity index (χ2n) is 2.27. The summed E-state index contributed by atoms with van der Waals surface area (Å²) in [6.07, 6.45) is 1.71. The maximum absolute atomic E-state index is 8.81. The van der Waals surface area contributed by atoms with Crippen molar-refractivity contribution in [3.05, 3.63) is 30.5 Å². The van der Waals surface area contributed by atoms with Crippen molar-refractivity contribution in [2.45, 2.75) is 6.73 Å². The van der Waals surface area contributed by atoms with E-state index in [4.69, 9.17) is 5.11 Å². The van der Waals surface area contributed by atoms with Gasteiger partial charge < -0.3 is 5.11 Å². The minimum Gasteiger partial charge on any atom is -0.374 e. The molecule has 0 aliphatic rings. The predicted octanol–water partition coefficient (Wildman–Crippen LogP) is 0.786. The number of aliphatic hydroxyl groups excluding tert-OH is 1. The Hall–Kier alpha value is -1.35. The molecule has 0 aliphatic carbocycles. The van der Waals surface area contributed by atoms with Crippen LogP contribution in [0.1, 0.15) is 0 Å². The Morgan fingerprint density at radius 3 is 3.36 bits per heavy atom. The highest BCUT2D eigenvalue weighted by Crippen LogP contribution is 2.10. The van der Waals surface area contributed by atoms with Gasteiger partial charge in [-0.1, -0.05) is 6.07 Å². The highest BCUT2D eigenvalue weighted by Gasteiger charge is 1.97. The van der Waals surface area contributed by atoms with Gasteiger partial charge in [0.1, 0.15) is 6.73 Å². The van der Waals surface area contributed by atoms with Gasteiger partial charge in [-0.25, -0.2) is 4.68 Å². The van der Waals surface area contributed by atoms with E-state index < -0.39 is 0 Å². The van der Waals surface area contributed by atoms with Crippen molar-refractivity contribution in [3.63, 3.8) is 0 Å². The third-order valence-corrected chi connectivity index (χ3v) is 1.62. The van der Waals surface area contributed by atoms with Gasteiger partial charge in [0.2, 0.25) is 0 Å². The quantitative estimate of drug-likeness (QED) is 0.647. The molecule has 0 bridgehead atoms. The lowest BCUT2D eigenvalue weighted by Gasteiger charge is -1.94. The molecule has 0 unspecified atom stereocenters. The van der Waals surface area contributed by atoms with Crippen molar-refractivity contribution < 1.29 is 5.11 Å². The van der Waals surface area contributed by atoms with Gasteiger partial charge >= 0.3 is 0 Å². The first-order valence-corrected chi connectivity index (χ1v) is 3.34. The summed E-state index contributed by atoms with van der Waals surface area (Å²) in [5.74, 6) is 0. The van der Waals surface area contributed by atoms with E-state index >= 15 is 0 Å². The lowest BCUT2D eigenvalue weighted by atomic mass is 10.3. The largest absolute Gasteiger partial charge is 0.374 e. The molecule has 1 N–H and O–H groups in total. The van der Waals surface area contributed by atoms with Gasteiger partial charge in [0.15, 0.2) is 0 Å². The van der Waals surface area contributed by atoms with Crippen molar-refractivity contribution >= 4 is 10.9 Å². The van der Waals surface area contributed by atoms with Gasteiger partial charge in [0.05, 0.1) is 11.7 Å². The molecule has 1 heterocycles. The number of aromatic nitrogens is 2. The zero-order valence-electron chi connectivity index (χ0n) is 5.86. The minimum atomic E-state index is -0.0759. The van der Waals surface area contributed by atoms with Crippen molar-refractivity contribution in [1.82, 2.24) is 9.78 Å². The Bertz CT molecular complexity index is 367. The standard InChI is InChI=1S/C8H7N2O/c11-6-10-8-4-2-1-3-7(8)5-9-10/h2-5,11H,6H2. The molecule has 0 aliphatic heterocycles. The van der Waals surface area contributed by atoms with Crippen LogP contribution in [0.15, 0.2) is 24.4 Å². The molecule has 2 aromatic rings. The molecule has 0 atom stereocenters. The number of nitrogens with zero attached hydrogens (tertiary/aromatic N) is 2. The molecule has 3 heteroatoms. The van der Waals surface area contributed by atoms with Crippen molar-refractivity contribution in [2.75, 3.05) is 0 Å². The molecule has 55 valence electrons. The van der Waals surface area contributed by atoms with Crippen LogP contribution in [0.25, 0.3) is 10.9 Å². The molecular formula is C8H7N2O.